The smallest absolute Gasteiger partial charge is 0.216 e. The summed E-state index contributed by atoms with van der Waals surface area (Å²) in [6, 6.07) is 0.0498. The molecule has 0 aliphatic carbocycles. The highest BCUT2D eigenvalue weighted by molar-refractivity contribution is 7.86. The Bertz CT molecular complexity index is 250. The molecule has 1 aliphatic rings. The minimum Gasteiger partial charge on any atom is -0.216 e. The van der Waals surface area contributed by atoms with Crippen LogP contribution < -0.4 is 5.14 Å². The number of hydrogen-bond acceptors (Lipinski definition) is 2. The van der Waals surface area contributed by atoms with Crippen LogP contribution in [0, 0.1) is 5.92 Å². The summed E-state index contributed by atoms with van der Waals surface area (Å²) in [5.74, 6) is 0.414. The van der Waals surface area contributed by atoms with E-state index in [-0.39, 0.29) is 6.04 Å². The van der Waals surface area contributed by atoms with Crippen molar-refractivity contribution >= 4 is 10.2 Å². The van der Waals surface area contributed by atoms with Crippen LogP contribution in [-0.2, 0) is 10.2 Å². The molecule has 4 nitrogen and oxygen atoms in total. The van der Waals surface area contributed by atoms with E-state index >= 15 is 0 Å². The van der Waals surface area contributed by atoms with Gasteiger partial charge in [0.2, 0.25) is 0 Å². The normalized spacial score (nSPS) is 33.6. The van der Waals surface area contributed by atoms with E-state index in [4.69, 9.17) is 5.14 Å². The molecule has 0 aromatic carbocycles. The number of nitrogens with two attached hydrogens (primary N) is 1. The monoisotopic (exact) mass is 192 g/mol. The van der Waals surface area contributed by atoms with Gasteiger partial charge in [-0.05, 0) is 25.7 Å². The first-order chi connectivity index (χ1) is 5.43. The summed E-state index contributed by atoms with van der Waals surface area (Å²) in [6.45, 7) is 4.54. The molecule has 2 unspecified atom stereocenters. The Hall–Kier alpha value is -0.130. The zero-order valence-corrected chi connectivity index (χ0v) is 8.34. The quantitative estimate of drug-likeness (QED) is 0.650. The van der Waals surface area contributed by atoms with Gasteiger partial charge < -0.3 is 0 Å². The van der Waals surface area contributed by atoms with Gasteiger partial charge in [-0.15, -0.1) is 0 Å². The molecule has 1 heterocycles. The van der Waals surface area contributed by atoms with Crippen molar-refractivity contribution in [3.63, 3.8) is 0 Å². The lowest BCUT2D eigenvalue weighted by atomic mass is 9.94. The van der Waals surface area contributed by atoms with Gasteiger partial charge in [-0.25, -0.2) is 5.14 Å². The molecule has 0 radical (unpaired) electrons. The summed E-state index contributed by atoms with van der Waals surface area (Å²) in [5, 5.41) is 5.06. The van der Waals surface area contributed by atoms with E-state index in [2.05, 4.69) is 6.92 Å². The van der Waals surface area contributed by atoms with Crippen LogP contribution in [0.25, 0.3) is 0 Å². The molecule has 1 saturated heterocycles. The Labute approximate surface area is 73.9 Å². The Morgan fingerprint density at radius 1 is 1.42 bits per heavy atom. The minimum atomic E-state index is -3.47. The lowest BCUT2D eigenvalue weighted by Gasteiger charge is -2.35. The van der Waals surface area contributed by atoms with Crippen molar-refractivity contribution in [1.29, 1.82) is 0 Å². The van der Waals surface area contributed by atoms with E-state index in [1.807, 2.05) is 6.92 Å². The summed E-state index contributed by atoms with van der Waals surface area (Å²) in [7, 11) is -3.47. The molecule has 0 aromatic rings. The fourth-order valence-corrected chi connectivity index (χ4v) is 2.71. The molecule has 0 bridgehead atoms. The largest absolute Gasteiger partial charge is 0.277 e. The lowest BCUT2D eigenvalue weighted by Crippen LogP contribution is -2.48. The predicted molar refractivity (Wildman–Crippen MR) is 47.7 cm³/mol. The van der Waals surface area contributed by atoms with Crippen molar-refractivity contribution in [1.82, 2.24) is 4.31 Å². The molecule has 1 aliphatic heterocycles. The third kappa shape index (κ3) is 1.97. The number of hydrogen-bond donors (Lipinski definition) is 1. The van der Waals surface area contributed by atoms with Gasteiger partial charge in [0.05, 0.1) is 0 Å². The van der Waals surface area contributed by atoms with Gasteiger partial charge in [0.15, 0.2) is 0 Å². The molecule has 0 amide bonds. The van der Waals surface area contributed by atoms with Crippen molar-refractivity contribution in [2.24, 2.45) is 11.1 Å². The minimum absolute atomic E-state index is 0.0498. The molecule has 72 valence electrons. The fourth-order valence-electron chi connectivity index (χ4n) is 1.66. The van der Waals surface area contributed by atoms with Gasteiger partial charge >= 0.3 is 0 Å². The Balaban J connectivity index is 2.78. The summed E-state index contributed by atoms with van der Waals surface area (Å²) in [4.78, 5) is 0. The zero-order chi connectivity index (χ0) is 9.35. The Morgan fingerprint density at radius 2 is 2.00 bits per heavy atom. The first-order valence-corrected chi connectivity index (χ1v) is 5.73. The van der Waals surface area contributed by atoms with Crippen LogP contribution in [0.15, 0.2) is 0 Å². The maximum Gasteiger partial charge on any atom is 0.277 e. The molecule has 0 aromatic heterocycles. The third-order valence-electron chi connectivity index (χ3n) is 2.64. The van der Waals surface area contributed by atoms with E-state index in [1.165, 1.54) is 4.31 Å². The topological polar surface area (TPSA) is 63.4 Å². The maximum atomic E-state index is 11.0. The molecule has 0 saturated carbocycles. The van der Waals surface area contributed by atoms with E-state index in [9.17, 15) is 8.42 Å². The van der Waals surface area contributed by atoms with Crippen LogP contribution >= 0.6 is 0 Å². The highest BCUT2D eigenvalue weighted by Crippen LogP contribution is 2.23. The van der Waals surface area contributed by atoms with E-state index in [0.29, 0.717) is 12.5 Å². The van der Waals surface area contributed by atoms with Crippen LogP contribution in [-0.4, -0.2) is 25.3 Å². The van der Waals surface area contributed by atoms with Gasteiger partial charge in [-0.2, -0.15) is 12.7 Å². The predicted octanol–water partition coefficient (Wildman–Crippen LogP) is 0.310. The van der Waals surface area contributed by atoms with Crippen molar-refractivity contribution in [2.45, 2.75) is 32.7 Å². The van der Waals surface area contributed by atoms with Crippen molar-refractivity contribution in [2.75, 3.05) is 6.54 Å². The standard InChI is InChI=1S/C7H16N2O2S/c1-6-4-3-5-9(7(6)2)12(8,10)11/h6-7H,3-5H2,1-2H3,(H2,8,10,11). The van der Waals surface area contributed by atoms with E-state index in [1.54, 1.807) is 0 Å². The van der Waals surface area contributed by atoms with Crippen LogP contribution in [0.3, 0.4) is 0 Å². The van der Waals surface area contributed by atoms with E-state index < -0.39 is 10.2 Å². The maximum absolute atomic E-state index is 11.0. The second-order valence-corrected chi connectivity index (χ2v) is 5.01. The number of rotatable bonds is 1. The molecule has 0 spiro atoms. The van der Waals surface area contributed by atoms with Crippen LogP contribution in [0.5, 0.6) is 0 Å². The first-order valence-electron chi connectivity index (χ1n) is 4.22. The van der Waals surface area contributed by atoms with Crippen LogP contribution in [0.1, 0.15) is 26.7 Å². The highest BCUT2D eigenvalue weighted by atomic mass is 32.2. The summed E-state index contributed by atoms with van der Waals surface area (Å²) in [6.07, 6.45) is 2.01. The molecule has 5 heteroatoms. The van der Waals surface area contributed by atoms with Gasteiger partial charge in [-0.1, -0.05) is 6.92 Å². The molecule has 12 heavy (non-hydrogen) atoms. The molecular weight excluding hydrogens is 176 g/mol. The molecule has 1 fully saturated rings. The summed E-state index contributed by atoms with van der Waals surface area (Å²) >= 11 is 0. The van der Waals surface area contributed by atoms with Gasteiger partial charge in [-0.3, -0.25) is 0 Å². The average molecular weight is 192 g/mol. The Morgan fingerprint density at radius 3 is 2.42 bits per heavy atom. The van der Waals surface area contributed by atoms with Crippen molar-refractivity contribution in [3.8, 4) is 0 Å². The van der Waals surface area contributed by atoms with Gasteiger partial charge in [0, 0.05) is 12.6 Å². The molecule has 2 N–H and O–H groups in total. The fraction of sp³-hybridized carbons (Fsp3) is 1.00. The molecule has 2 atom stereocenters. The SMILES string of the molecule is CC1CCCN(S(N)(=O)=O)C1C. The summed E-state index contributed by atoms with van der Waals surface area (Å²) in [5.41, 5.74) is 0. The highest BCUT2D eigenvalue weighted by Gasteiger charge is 2.30. The lowest BCUT2D eigenvalue weighted by molar-refractivity contribution is 0.202. The van der Waals surface area contributed by atoms with Crippen LogP contribution in [0.4, 0.5) is 0 Å². The van der Waals surface area contributed by atoms with Crippen molar-refractivity contribution in [3.05, 3.63) is 0 Å². The number of nitrogens with zero attached hydrogens (tertiary/aromatic N) is 1. The summed E-state index contributed by atoms with van der Waals surface area (Å²) < 4.78 is 23.5. The number of piperidine rings is 1. The van der Waals surface area contributed by atoms with Gasteiger partial charge in [0.25, 0.3) is 10.2 Å². The second-order valence-electron chi connectivity index (χ2n) is 3.52. The average Bonchev–Trinajstić information content (AvgIpc) is 1.92. The van der Waals surface area contributed by atoms with Crippen LogP contribution in [0.2, 0.25) is 0 Å². The first kappa shape index (κ1) is 9.95. The molecule has 1 rings (SSSR count). The zero-order valence-electron chi connectivity index (χ0n) is 7.53. The third-order valence-corrected chi connectivity index (χ3v) is 3.81. The van der Waals surface area contributed by atoms with Crippen molar-refractivity contribution < 1.29 is 8.42 Å². The molecular formula is C7H16N2O2S. The van der Waals surface area contributed by atoms with Gasteiger partial charge in [0.1, 0.15) is 0 Å². The second kappa shape index (κ2) is 3.32. The Kier molecular flexibility index (Phi) is 2.75. The van der Waals surface area contributed by atoms with E-state index in [0.717, 1.165) is 12.8 Å².